The van der Waals surface area contributed by atoms with Crippen molar-refractivity contribution in [2.24, 2.45) is 7.05 Å². The van der Waals surface area contributed by atoms with Crippen molar-refractivity contribution < 1.29 is 9.63 Å². The summed E-state index contributed by atoms with van der Waals surface area (Å²) < 4.78 is 1.32. The Morgan fingerprint density at radius 2 is 2.06 bits per heavy atom. The average Bonchev–Trinajstić information content (AvgIpc) is 2.34. The highest BCUT2D eigenvalue weighted by Crippen LogP contribution is 2.13. The number of benzene rings is 1. The molecule has 0 saturated carbocycles. The zero-order valence-corrected chi connectivity index (χ0v) is 10.5. The van der Waals surface area contributed by atoms with Crippen molar-refractivity contribution in [3.05, 3.63) is 45.9 Å². The molecule has 2 rings (SSSR count). The van der Waals surface area contributed by atoms with Gasteiger partial charge in [-0.3, -0.25) is 14.4 Å². The molecule has 0 aliphatic carbocycles. The van der Waals surface area contributed by atoms with E-state index in [1.807, 2.05) is 25.1 Å². The second kappa shape index (κ2) is 4.62. The predicted octanol–water partition coefficient (Wildman–Crippen LogP) is 1.14. The first kappa shape index (κ1) is 12.3. The zero-order chi connectivity index (χ0) is 13.3. The smallest absolute Gasteiger partial charge is 0.291 e. The van der Waals surface area contributed by atoms with Crippen LogP contribution in [0.3, 0.4) is 0 Å². The molecule has 0 bridgehead atoms. The summed E-state index contributed by atoms with van der Waals surface area (Å²) in [6.07, 6.45) is 0. The number of fused-ring (bicyclic) bond motifs is 1. The Balaban J connectivity index is 2.72. The van der Waals surface area contributed by atoms with Crippen molar-refractivity contribution in [3.63, 3.8) is 0 Å². The van der Waals surface area contributed by atoms with E-state index in [1.165, 1.54) is 11.7 Å². The minimum Gasteiger partial charge on any atom is -0.306 e. The number of amides is 1. The fourth-order valence-electron chi connectivity index (χ4n) is 1.88. The van der Waals surface area contributed by atoms with E-state index in [0.29, 0.717) is 5.39 Å². The zero-order valence-electron chi connectivity index (χ0n) is 10.5. The number of carbonyl (C=O) groups is 1. The fourth-order valence-corrected chi connectivity index (χ4v) is 1.88. The van der Waals surface area contributed by atoms with Crippen LogP contribution in [0.5, 0.6) is 0 Å². The SMILES string of the molecule is CONC(=O)c1cc2ccc(C)cc2c(=O)n1C. The molecule has 1 amide bonds. The number of hydrogen-bond donors (Lipinski definition) is 1. The van der Waals surface area contributed by atoms with Gasteiger partial charge in [0.1, 0.15) is 5.69 Å². The Hall–Kier alpha value is -2.14. The van der Waals surface area contributed by atoms with Crippen molar-refractivity contribution in [3.8, 4) is 0 Å². The minimum atomic E-state index is -0.445. The van der Waals surface area contributed by atoms with Gasteiger partial charge in [-0.1, -0.05) is 17.7 Å². The first-order valence-corrected chi connectivity index (χ1v) is 5.48. The largest absolute Gasteiger partial charge is 0.306 e. The van der Waals surface area contributed by atoms with Crippen LogP contribution in [-0.2, 0) is 11.9 Å². The molecular weight excluding hydrogens is 232 g/mol. The maximum absolute atomic E-state index is 12.2. The van der Waals surface area contributed by atoms with Crippen LogP contribution in [0, 0.1) is 6.92 Å². The number of nitrogens with zero attached hydrogens (tertiary/aromatic N) is 1. The summed E-state index contributed by atoms with van der Waals surface area (Å²) in [5, 5.41) is 1.34. The molecule has 0 radical (unpaired) electrons. The van der Waals surface area contributed by atoms with Gasteiger partial charge in [-0.15, -0.1) is 0 Å². The van der Waals surface area contributed by atoms with E-state index in [2.05, 4.69) is 10.3 Å². The van der Waals surface area contributed by atoms with E-state index >= 15 is 0 Å². The molecule has 1 aromatic carbocycles. The molecule has 0 saturated heterocycles. The van der Waals surface area contributed by atoms with Gasteiger partial charge >= 0.3 is 0 Å². The minimum absolute atomic E-state index is 0.197. The Kier molecular flexibility index (Phi) is 3.16. The highest BCUT2D eigenvalue weighted by atomic mass is 16.6. The second-order valence-electron chi connectivity index (χ2n) is 4.12. The van der Waals surface area contributed by atoms with Crippen LogP contribution in [0.25, 0.3) is 10.8 Å². The third-order valence-electron chi connectivity index (χ3n) is 2.82. The first-order valence-electron chi connectivity index (χ1n) is 5.48. The maximum Gasteiger partial charge on any atom is 0.291 e. The van der Waals surface area contributed by atoms with Gasteiger partial charge in [0.25, 0.3) is 11.5 Å². The molecule has 0 unspecified atom stereocenters. The molecule has 94 valence electrons. The summed E-state index contributed by atoms with van der Waals surface area (Å²) in [7, 11) is 2.91. The Labute approximate surface area is 104 Å². The molecule has 0 spiro atoms. The third-order valence-corrected chi connectivity index (χ3v) is 2.82. The van der Waals surface area contributed by atoms with Crippen molar-refractivity contribution in [1.82, 2.24) is 10.0 Å². The predicted molar refractivity (Wildman–Crippen MR) is 68.4 cm³/mol. The molecule has 5 nitrogen and oxygen atoms in total. The van der Waals surface area contributed by atoms with Crippen molar-refractivity contribution >= 4 is 16.7 Å². The lowest BCUT2D eigenvalue weighted by atomic mass is 10.1. The highest BCUT2D eigenvalue weighted by Gasteiger charge is 2.12. The summed E-state index contributed by atoms with van der Waals surface area (Å²) in [4.78, 5) is 28.5. The quantitative estimate of drug-likeness (QED) is 0.808. The van der Waals surface area contributed by atoms with Crippen LogP contribution in [0.2, 0.25) is 0 Å². The fraction of sp³-hybridized carbons (Fsp3) is 0.231. The van der Waals surface area contributed by atoms with Gasteiger partial charge in [0.2, 0.25) is 0 Å². The lowest BCUT2D eigenvalue weighted by Crippen LogP contribution is -2.30. The van der Waals surface area contributed by atoms with E-state index in [9.17, 15) is 9.59 Å². The molecule has 1 heterocycles. The molecule has 0 atom stereocenters. The molecule has 0 aliphatic heterocycles. The Bertz CT molecular complexity index is 674. The Morgan fingerprint density at radius 3 is 2.72 bits per heavy atom. The van der Waals surface area contributed by atoms with Gasteiger partial charge < -0.3 is 4.57 Å². The maximum atomic E-state index is 12.2. The van der Waals surface area contributed by atoms with Gasteiger partial charge in [0.05, 0.1) is 7.11 Å². The molecule has 1 N–H and O–H groups in total. The van der Waals surface area contributed by atoms with Crippen LogP contribution >= 0.6 is 0 Å². The summed E-state index contributed by atoms with van der Waals surface area (Å²) in [6.45, 7) is 1.92. The lowest BCUT2D eigenvalue weighted by Gasteiger charge is -2.09. The van der Waals surface area contributed by atoms with Crippen molar-refractivity contribution in [2.45, 2.75) is 6.92 Å². The number of rotatable bonds is 2. The number of nitrogens with one attached hydrogen (secondary N) is 1. The molecule has 18 heavy (non-hydrogen) atoms. The summed E-state index contributed by atoms with van der Waals surface area (Å²) >= 11 is 0. The average molecular weight is 246 g/mol. The van der Waals surface area contributed by atoms with Crippen LogP contribution in [0.1, 0.15) is 16.1 Å². The normalized spacial score (nSPS) is 10.6. The lowest BCUT2D eigenvalue weighted by molar-refractivity contribution is 0.0528. The number of hydroxylamine groups is 1. The van der Waals surface area contributed by atoms with Crippen LogP contribution in [-0.4, -0.2) is 17.6 Å². The molecule has 2 aromatic rings. The summed E-state index contributed by atoms with van der Waals surface area (Å²) in [5.74, 6) is -0.445. The van der Waals surface area contributed by atoms with E-state index in [4.69, 9.17) is 0 Å². The standard InChI is InChI=1S/C13H14N2O3/c1-8-4-5-9-7-11(12(16)14-18-3)15(2)13(17)10(9)6-8/h4-7H,1-3H3,(H,14,16). The van der Waals surface area contributed by atoms with Gasteiger partial charge in [-0.05, 0) is 24.4 Å². The molecule has 0 aliphatic rings. The van der Waals surface area contributed by atoms with E-state index in [-0.39, 0.29) is 11.3 Å². The summed E-state index contributed by atoms with van der Waals surface area (Å²) in [5.41, 5.74) is 3.28. The van der Waals surface area contributed by atoms with Crippen molar-refractivity contribution in [2.75, 3.05) is 7.11 Å². The number of pyridine rings is 1. The molecule has 0 fully saturated rings. The topological polar surface area (TPSA) is 60.3 Å². The van der Waals surface area contributed by atoms with Crippen LogP contribution < -0.4 is 11.0 Å². The molecular formula is C13H14N2O3. The number of aryl methyl sites for hydroxylation is 1. The number of aromatic nitrogens is 1. The van der Waals surface area contributed by atoms with Gasteiger partial charge in [-0.2, -0.15) is 0 Å². The van der Waals surface area contributed by atoms with Crippen LogP contribution in [0.4, 0.5) is 0 Å². The van der Waals surface area contributed by atoms with Gasteiger partial charge in [0.15, 0.2) is 0 Å². The van der Waals surface area contributed by atoms with Gasteiger partial charge in [-0.25, -0.2) is 5.48 Å². The first-order chi connectivity index (χ1) is 8.54. The van der Waals surface area contributed by atoms with Crippen LogP contribution in [0.15, 0.2) is 29.1 Å². The second-order valence-corrected chi connectivity index (χ2v) is 4.12. The molecule has 1 aromatic heterocycles. The highest BCUT2D eigenvalue weighted by molar-refractivity contribution is 5.96. The van der Waals surface area contributed by atoms with Crippen molar-refractivity contribution in [1.29, 1.82) is 0 Å². The third kappa shape index (κ3) is 2.00. The van der Waals surface area contributed by atoms with Gasteiger partial charge in [0, 0.05) is 12.4 Å². The van der Waals surface area contributed by atoms with E-state index in [1.54, 1.807) is 13.1 Å². The number of hydrogen-bond acceptors (Lipinski definition) is 3. The summed E-state index contributed by atoms with van der Waals surface area (Å²) in [6, 6.07) is 7.22. The Morgan fingerprint density at radius 1 is 1.33 bits per heavy atom. The monoisotopic (exact) mass is 246 g/mol. The van der Waals surface area contributed by atoms with E-state index in [0.717, 1.165) is 10.9 Å². The van der Waals surface area contributed by atoms with E-state index < -0.39 is 5.91 Å². The number of carbonyl (C=O) groups excluding carboxylic acids is 1. The molecule has 5 heteroatoms.